The largest absolute Gasteiger partial charge is 0.375 e. The van der Waals surface area contributed by atoms with Crippen molar-refractivity contribution in [3.05, 3.63) is 11.4 Å². The number of allylic oxidation sites excluding steroid dienone is 2. The average molecular weight is 239 g/mol. The van der Waals surface area contributed by atoms with Gasteiger partial charge in [-0.1, -0.05) is 20.8 Å². The van der Waals surface area contributed by atoms with Gasteiger partial charge in [0.15, 0.2) is 0 Å². The molecular weight excluding hydrogens is 210 g/mol. The molecule has 0 aromatic rings. The van der Waals surface area contributed by atoms with Gasteiger partial charge >= 0.3 is 0 Å². The van der Waals surface area contributed by atoms with Crippen LogP contribution >= 0.6 is 0 Å². The molecular formula is C14H29N3. The Balaban J connectivity index is 4.86. The van der Waals surface area contributed by atoms with Crippen molar-refractivity contribution in [3.8, 4) is 0 Å². The van der Waals surface area contributed by atoms with Gasteiger partial charge in [0.1, 0.15) is 0 Å². The summed E-state index contributed by atoms with van der Waals surface area (Å²) in [6.07, 6.45) is 1.03. The van der Waals surface area contributed by atoms with Gasteiger partial charge in [0.25, 0.3) is 0 Å². The quantitative estimate of drug-likeness (QED) is 0.692. The summed E-state index contributed by atoms with van der Waals surface area (Å²) < 4.78 is 0. The average Bonchev–Trinajstić information content (AvgIpc) is 2.26. The van der Waals surface area contributed by atoms with Crippen LogP contribution in [0.3, 0.4) is 0 Å². The molecule has 17 heavy (non-hydrogen) atoms. The third-order valence-electron chi connectivity index (χ3n) is 3.09. The van der Waals surface area contributed by atoms with Crippen molar-refractivity contribution in [1.82, 2.24) is 10.2 Å². The van der Waals surface area contributed by atoms with Crippen LogP contribution in [0.25, 0.3) is 0 Å². The van der Waals surface area contributed by atoms with Crippen molar-refractivity contribution < 1.29 is 0 Å². The zero-order valence-electron chi connectivity index (χ0n) is 12.6. The molecule has 0 aliphatic heterocycles. The number of nitrogens with zero attached hydrogens (tertiary/aromatic N) is 2. The first-order valence-electron chi connectivity index (χ1n) is 6.54. The molecule has 0 aliphatic rings. The molecule has 0 saturated heterocycles. The van der Waals surface area contributed by atoms with Crippen LogP contribution in [0.1, 0.15) is 41.0 Å². The summed E-state index contributed by atoms with van der Waals surface area (Å²) in [4.78, 5) is 7.01. The molecule has 3 nitrogen and oxygen atoms in total. The SMILES string of the molecule is CC/C(=C(/C)N=C(C)C(C)C)N(C)CCNC. The van der Waals surface area contributed by atoms with E-state index in [1.54, 1.807) is 0 Å². The molecule has 0 spiro atoms. The molecule has 0 saturated carbocycles. The Morgan fingerprint density at radius 3 is 2.29 bits per heavy atom. The van der Waals surface area contributed by atoms with Gasteiger partial charge in [-0.3, -0.25) is 4.99 Å². The monoisotopic (exact) mass is 239 g/mol. The van der Waals surface area contributed by atoms with Crippen molar-refractivity contribution in [3.63, 3.8) is 0 Å². The number of nitrogens with one attached hydrogen (secondary N) is 1. The summed E-state index contributed by atoms with van der Waals surface area (Å²) in [7, 11) is 4.12. The Labute approximate surface area is 107 Å². The molecule has 0 aliphatic carbocycles. The van der Waals surface area contributed by atoms with Gasteiger partial charge in [0, 0.05) is 31.5 Å². The Morgan fingerprint density at radius 1 is 1.29 bits per heavy atom. The lowest BCUT2D eigenvalue weighted by Crippen LogP contribution is -2.27. The summed E-state index contributed by atoms with van der Waals surface area (Å²) in [5.41, 5.74) is 3.69. The number of hydrogen-bond donors (Lipinski definition) is 1. The maximum Gasteiger partial charge on any atom is 0.0562 e. The minimum absolute atomic E-state index is 0.519. The zero-order valence-corrected chi connectivity index (χ0v) is 12.6. The highest BCUT2D eigenvalue weighted by atomic mass is 15.1. The number of likely N-dealkylation sites (N-methyl/N-ethyl adjacent to an activating group) is 2. The third kappa shape index (κ3) is 5.87. The van der Waals surface area contributed by atoms with Crippen LogP contribution in [0.4, 0.5) is 0 Å². The Kier molecular flexibility index (Phi) is 7.88. The summed E-state index contributed by atoms with van der Waals surface area (Å²) in [5.74, 6) is 0.519. The molecule has 3 heteroatoms. The highest BCUT2D eigenvalue weighted by Crippen LogP contribution is 2.14. The highest BCUT2D eigenvalue weighted by Gasteiger charge is 2.07. The number of hydrogen-bond acceptors (Lipinski definition) is 3. The van der Waals surface area contributed by atoms with Crippen LogP contribution in [0.5, 0.6) is 0 Å². The van der Waals surface area contributed by atoms with Crippen molar-refractivity contribution in [2.45, 2.75) is 41.0 Å². The predicted octanol–water partition coefficient (Wildman–Crippen LogP) is 2.90. The van der Waals surface area contributed by atoms with E-state index in [0.717, 1.165) is 25.2 Å². The van der Waals surface area contributed by atoms with E-state index >= 15 is 0 Å². The van der Waals surface area contributed by atoms with Gasteiger partial charge in [-0.05, 0) is 33.2 Å². The van der Waals surface area contributed by atoms with Crippen molar-refractivity contribution in [2.75, 3.05) is 27.2 Å². The summed E-state index contributed by atoms with van der Waals surface area (Å²) in [6, 6.07) is 0. The van der Waals surface area contributed by atoms with Gasteiger partial charge in [-0.15, -0.1) is 0 Å². The number of rotatable bonds is 7. The second kappa shape index (κ2) is 8.29. The molecule has 0 rings (SSSR count). The minimum Gasteiger partial charge on any atom is -0.375 e. The topological polar surface area (TPSA) is 27.6 Å². The Hall–Kier alpha value is -0.830. The minimum atomic E-state index is 0.519. The van der Waals surface area contributed by atoms with Gasteiger partial charge in [0.2, 0.25) is 0 Å². The summed E-state index contributed by atoms with van der Waals surface area (Å²) in [6.45, 7) is 12.8. The molecule has 0 atom stereocenters. The van der Waals surface area contributed by atoms with E-state index in [4.69, 9.17) is 4.99 Å². The standard InChI is InChI=1S/C14H29N3/c1-8-14(17(7)10-9-15-6)13(5)16-12(4)11(2)3/h11,15H,8-10H2,1-7H3/b14-13+,16-12?. The Morgan fingerprint density at radius 2 is 1.88 bits per heavy atom. The Bertz CT molecular complexity index is 277. The lowest BCUT2D eigenvalue weighted by atomic mass is 10.1. The van der Waals surface area contributed by atoms with E-state index in [1.165, 1.54) is 11.4 Å². The molecule has 1 N–H and O–H groups in total. The third-order valence-corrected chi connectivity index (χ3v) is 3.09. The van der Waals surface area contributed by atoms with Gasteiger partial charge in [-0.25, -0.2) is 0 Å². The van der Waals surface area contributed by atoms with Gasteiger partial charge in [0.05, 0.1) is 5.70 Å². The van der Waals surface area contributed by atoms with Crippen LogP contribution in [0.2, 0.25) is 0 Å². The molecule has 100 valence electrons. The maximum atomic E-state index is 4.71. The van der Waals surface area contributed by atoms with E-state index in [0.29, 0.717) is 5.92 Å². The maximum absolute atomic E-state index is 4.71. The van der Waals surface area contributed by atoms with Crippen molar-refractivity contribution in [1.29, 1.82) is 0 Å². The summed E-state index contributed by atoms with van der Waals surface area (Å²) >= 11 is 0. The van der Waals surface area contributed by atoms with Crippen LogP contribution in [0.15, 0.2) is 16.4 Å². The van der Waals surface area contributed by atoms with Crippen LogP contribution in [-0.2, 0) is 0 Å². The van der Waals surface area contributed by atoms with Gasteiger partial charge < -0.3 is 10.2 Å². The molecule has 0 bridgehead atoms. The fraction of sp³-hybridized carbons (Fsp3) is 0.786. The highest BCUT2D eigenvalue weighted by molar-refractivity contribution is 5.84. The second-order valence-electron chi connectivity index (χ2n) is 4.82. The second-order valence-corrected chi connectivity index (χ2v) is 4.82. The van der Waals surface area contributed by atoms with Gasteiger partial charge in [-0.2, -0.15) is 0 Å². The molecule has 0 aromatic heterocycles. The fourth-order valence-electron chi connectivity index (χ4n) is 1.67. The molecule has 0 radical (unpaired) electrons. The van der Waals surface area contributed by atoms with E-state index in [2.05, 4.69) is 51.9 Å². The van der Waals surface area contributed by atoms with Crippen LogP contribution in [-0.4, -0.2) is 37.8 Å². The van der Waals surface area contributed by atoms with Crippen LogP contribution < -0.4 is 5.32 Å². The fourth-order valence-corrected chi connectivity index (χ4v) is 1.67. The molecule has 0 amide bonds. The molecule has 0 fully saturated rings. The molecule has 0 unspecified atom stereocenters. The normalized spacial score (nSPS) is 14.0. The smallest absolute Gasteiger partial charge is 0.0562 e. The van der Waals surface area contributed by atoms with Crippen LogP contribution in [0, 0.1) is 5.92 Å². The zero-order chi connectivity index (χ0) is 13.4. The van der Waals surface area contributed by atoms with E-state index in [1.807, 2.05) is 7.05 Å². The predicted molar refractivity (Wildman–Crippen MR) is 77.5 cm³/mol. The first-order valence-corrected chi connectivity index (χ1v) is 6.54. The number of aliphatic imine (C=N–C) groups is 1. The van der Waals surface area contributed by atoms with E-state index in [-0.39, 0.29) is 0 Å². The molecule has 0 heterocycles. The van der Waals surface area contributed by atoms with E-state index < -0.39 is 0 Å². The first kappa shape index (κ1) is 16.2. The van der Waals surface area contributed by atoms with Crippen molar-refractivity contribution >= 4 is 5.71 Å². The molecule has 0 aromatic carbocycles. The van der Waals surface area contributed by atoms with Crippen molar-refractivity contribution in [2.24, 2.45) is 10.9 Å². The lowest BCUT2D eigenvalue weighted by Gasteiger charge is -2.23. The summed E-state index contributed by atoms with van der Waals surface area (Å²) in [5, 5.41) is 3.18. The van der Waals surface area contributed by atoms with E-state index in [9.17, 15) is 0 Å². The lowest BCUT2D eigenvalue weighted by molar-refractivity contribution is 0.398. The first-order chi connectivity index (χ1) is 7.93.